The van der Waals surface area contributed by atoms with Gasteiger partial charge >= 0.3 is 6.18 Å². The quantitative estimate of drug-likeness (QED) is 0.874. The molecule has 2 aliphatic heterocycles. The zero-order chi connectivity index (χ0) is 16.4. The predicted molar refractivity (Wildman–Crippen MR) is 73.6 cm³/mol. The van der Waals surface area contributed by atoms with Crippen LogP contribution in [0.3, 0.4) is 0 Å². The highest BCUT2D eigenvalue weighted by Gasteiger charge is 2.38. The number of nitrogens with zero attached hydrogens (tertiary/aromatic N) is 3. The number of aromatic amines is 1. The molecule has 2 aliphatic rings. The Morgan fingerprint density at radius 2 is 2.04 bits per heavy atom. The van der Waals surface area contributed by atoms with E-state index in [1.807, 2.05) is 0 Å². The molecule has 10 heteroatoms. The summed E-state index contributed by atoms with van der Waals surface area (Å²) in [6.45, 7) is 2.15. The Morgan fingerprint density at radius 1 is 1.30 bits per heavy atom. The molecule has 1 amide bonds. The van der Waals surface area contributed by atoms with Gasteiger partial charge < -0.3 is 4.74 Å². The molecule has 2 N–H and O–H groups in total. The lowest BCUT2D eigenvalue weighted by Crippen LogP contribution is -2.47. The van der Waals surface area contributed by atoms with Crippen molar-refractivity contribution in [3.05, 3.63) is 5.82 Å². The van der Waals surface area contributed by atoms with Crippen LogP contribution in [0.1, 0.15) is 31.5 Å². The first-order valence-corrected chi connectivity index (χ1v) is 7.59. The molecule has 1 aromatic heterocycles. The summed E-state index contributed by atoms with van der Waals surface area (Å²) in [5.74, 6) is -1.93. The maximum absolute atomic E-state index is 12.5. The number of carbonyl (C=O) groups is 1. The number of amides is 1. The number of carbonyl (C=O) groups excluding carboxylic acids is 1. The Bertz CT molecular complexity index is 556. The molecule has 0 spiro atoms. The summed E-state index contributed by atoms with van der Waals surface area (Å²) in [4.78, 5) is 17.8. The molecule has 0 bridgehead atoms. The first-order chi connectivity index (χ1) is 10.9. The van der Waals surface area contributed by atoms with Crippen LogP contribution in [0, 0.1) is 0 Å². The molecule has 0 aromatic carbocycles. The lowest BCUT2D eigenvalue weighted by atomic mass is 10.1. The molecule has 3 heterocycles. The van der Waals surface area contributed by atoms with Crippen molar-refractivity contribution in [2.75, 3.05) is 25.1 Å². The molecule has 0 saturated carbocycles. The van der Waals surface area contributed by atoms with E-state index in [4.69, 9.17) is 4.74 Å². The SMILES string of the molecule is O=C(Nc1n[nH]c(C(F)(F)F)n1)C1CCCN1C1CCOCC1. The van der Waals surface area contributed by atoms with Crippen LogP contribution in [-0.2, 0) is 15.7 Å². The summed E-state index contributed by atoms with van der Waals surface area (Å²) in [7, 11) is 0. The third-order valence-electron chi connectivity index (χ3n) is 4.25. The number of anilines is 1. The number of halogens is 3. The molecule has 0 aliphatic carbocycles. The number of nitrogens with one attached hydrogen (secondary N) is 2. The average Bonchev–Trinajstić information content (AvgIpc) is 3.16. The van der Waals surface area contributed by atoms with Crippen molar-refractivity contribution in [2.24, 2.45) is 0 Å². The second kappa shape index (κ2) is 6.44. The molecule has 7 nitrogen and oxygen atoms in total. The maximum Gasteiger partial charge on any atom is 0.451 e. The zero-order valence-electron chi connectivity index (χ0n) is 12.4. The van der Waals surface area contributed by atoms with Gasteiger partial charge in [0.05, 0.1) is 6.04 Å². The van der Waals surface area contributed by atoms with Crippen molar-refractivity contribution < 1.29 is 22.7 Å². The highest BCUT2D eigenvalue weighted by atomic mass is 19.4. The standard InChI is InChI=1S/C13H18F3N5O2/c14-13(15,16)11-18-12(20-19-11)17-10(22)9-2-1-5-21(9)8-3-6-23-7-4-8/h8-9H,1-7H2,(H2,17,18,19,20,22). The van der Waals surface area contributed by atoms with E-state index in [9.17, 15) is 18.0 Å². The Hall–Kier alpha value is -1.68. The Balaban J connectivity index is 1.63. The minimum absolute atomic E-state index is 0.278. The summed E-state index contributed by atoms with van der Waals surface area (Å²) < 4.78 is 42.8. The largest absolute Gasteiger partial charge is 0.451 e. The molecule has 2 saturated heterocycles. The molecule has 1 aromatic rings. The second-order valence-corrected chi connectivity index (χ2v) is 5.73. The molecule has 3 rings (SSSR count). The van der Waals surface area contributed by atoms with Gasteiger partial charge in [0.1, 0.15) is 0 Å². The van der Waals surface area contributed by atoms with E-state index in [0.717, 1.165) is 25.8 Å². The van der Waals surface area contributed by atoms with E-state index in [0.29, 0.717) is 19.6 Å². The lowest BCUT2D eigenvalue weighted by molar-refractivity contribution is -0.144. The average molecular weight is 333 g/mol. The summed E-state index contributed by atoms with van der Waals surface area (Å²) in [6, 6.07) is -0.0779. The second-order valence-electron chi connectivity index (χ2n) is 5.73. The molecular weight excluding hydrogens is 315 g/mol. The summed E-state index contributed by atoms with van der Waals surface area (Å²) in [6.07, 6.45) is -1.32. The van der Waals surface area contributed by atoms with Crippen LogP contribution in [0.2, 0.25) is 0 Å². The fourth-order valence-corrected chi connectivity index (χ4v) is 3.16. The van der Waals surface area contributed by atoms with Gasteiger partial charge in [0.2, 0.25) is 17.7 Å². The van der Waals surface area contributed by atoms with Gasteiger partial charge in [0.15, 0.2) is 0 Å². The highest BCUT2D eigenvalue weighted by molar-refractivity contribution is 5.93. The van der Waals surface area contributed by atoms with E-state index in [-0.39, 0.29) is 23.9 Å². The Kier molecular flexibility index (Phi) is 4.53. The molecule has 1 unspecified atom stereocenters. The molecule has 1 atom stereocenters. The van der Waals surface area contributed by atoms with Gasteiger partial charge in [-0.05, 0) is 32.2 Å². The van der Waals surface area contributed by atoms with Crippen molar-refractivity contribution in [3.63, 3.8) is 0 Å². The Labute approximate surface area is 130 Å². The summed E-state index contributed by atoms with van der Waals surface area (Å²) in [5.41, 5.74) is 0. The van der Waals surface area contributed by atoms with Crippen molar-refractivity contribution in [2.45, 2.75) is 43.9 Å². The summed E-state index contributed by atoms with van der Waals surface area (Å²) in [5, 5.41) is 7.57. The van der Waals surface area contributed by atoms with Crippen molar-refractivity contribution >= 4 is 11.9 Å². The van der Waals surface area contributed by atoms with Gasteiger partial charge in [-0.1, -0.05) is 0 Å². The number of hydrogen-bond donors (Lipinski definition) is 2. The van der Waals surface area contributed by atoms with E-state index >= 15 is 0 Å². The van der Waals surface area contributed by atoms with Gasteiger partial charge in [0, 0.05) is 19.3 Å². The van der Waals surface area contributed by atoms with Crippen LogP contribution in [0.4, 0.5) is 19.1 Å². The van der Waals surface area contributed by atoms with Crippen LogP contribution in [0.5, 0.6) is 0 Å². The van der Waals surface area contributed by atoms with Gasteiger partial charge in [-0.15, -0.1) is 5.10 Å². The lowest BCUT2D eigenvalue weighted by Gasteiger charge is -2.34. The molecule has 23 heavy (non-hydrogen) atoms. The van der Waals surface area contributed by atoms with E-state index in [1.165, 1.54) is 0 Å². The third kappa shape index (κ3) is 3.63. The van der Waals surface area contributed by atoms with Crippen LogP contribution < -0.4 is 5.32 Å². The smallest absolute Gasteiger partial charge is 0.381 e. The fourth-order valence-electron chi connectivity index (χ4n) is 3.16. The van der Waals surface area contributed by atoms with Crippen molar-refractivity contribution in [1.82, 2.24) is 20.1 Å². The number of likely N-dealkylation sites (tertiary alicyclic amines) is 1. The molecule has 2 fully saturated rings. The normalized spacial score (nSPS) is 24.0. The third-order valence-corrected chi connectivity index (χ3v) is 4.25. The number of aromatic nitrogens is 3. The Morgan fingerprint density at radius 3 is 2.70 bits per heavy atom. The van der Waals surface area contributed by atoms with Gasteiger partial charge in [-0.2, -0.15) is 18.2 Å². The maximum atomic E-state index is 12.5. The van der Waals surface area contributed by atoms with Crippen LogP contribution in [-0.4, -0.2) is 57.8 Å². The topological polar surface area (TPSA) is 83.1 Å². The number of H-pyrrole nitrogens is 1. The van der Waals surface area contributed by atoms with Crippen LogP contribution in [0.15, 0.2) is 0 Å². The number of ether oxygens (including phenoxy) is 1. The number of alkyl halides is 3. The predicted octanol–water partition coefficient (Wildman–Crippen LogP) is 1.41. The van der Waals surface area contributed by atoms with Crippen LogP contribution >= 0.6 is 0 Å². The molecule has 0 radical (unpaired) electrons. The van der Waals surface area contributed by atoms with E-state index in [1.54, 1.807) is 5.10 Å². The first kappa shape index (κ1) is 16.2. The van der Waals surface area contributed by atoms with E-state index in [2.05, 4.69) is 20.3 Å². The molecular formula is C13H18F3N5O2. The monoisotopic (exact) mass is 333 g/mol. The van der Waals surface area contributed by atoms with Gasteiger partial charge in [-0.25, -0.2) is 0 Å². The van der Waals surface area contributed by atoms with Crippen molar-refractivity contribution in [3.8, 4) is 0 Å². The first-order valence-electron chi connectivity index (χ1n) is 7.59. The molecule has 128 valence electrons. The van der Waals surface area contributed by atoms with Gasteiger partial charge in [-0.3, -0.25) is 20.1 Å². The highest BCUT2D eigenvalue weighted by Crippen LogP contribution is 2.28. The minimum atomic E-state index is -4.61. The van der Waals surface area contributed by atoms with E-state index < -0.39 is 12.0 Å². The summed E-state index contributed by atoms with van der Waals surface area (Å²) >= 11 is 0. The fraction of sp³-hybridized carbons (Fsp3) is 0.769. The van der Waals surface area contributed by atoms with Crippen LogP contribution in [0.25, 0.3) is 0 Å². The van der Waals surface area contributed by atoms with Gasteiger partial charge in [0.25, 0.3) is 0 Å². The number of hydrogen-bond acceptors (Lipinski definition) is 5. The van der Waals surface area contributed by atoms with Crippen molar-refractivity contribution in [1.29, 1.82) is 0 Å². The number of rotatable bonds is 3. The minimum Gasteiger partial charge on any atom is -0.381 e. The zero-order valence-corrected chi connectivity index (χ0v) is 12.4.